The molecule has 0 aromatic heterocycles. The van der Waals surface area contributed by atoms with Crippen molar-refractivity contribution < 1.29 is 5.11 Å². The van der Waals surface area contributed by atoms with E-state index in [4.69, 9.17) is 10.8 Å². The van der Waals surface area contributed by atoms with Crippen molar-refractivity contribution in [2.75, 3.05) is 33.3 Å². The maximum Gasteiger partial charge on any atom is 0.0558 e. The van der Waals surface area contributed by atoms with Gasteiger partial charge in [-0.05, 0) is 26.6 Å². The van der Waals surface area contributed by atoms with E-state index in [1.165, 1.54) is 0 Å². The maximum atomic E-state index is 8.46. The van der Waals surface area contributed by atoms with Crippen LogP contribution in [0.2, 0.25) is 0 Å². The Bertz CT molecular complexity index is 61.0. The van der Waals surface area contributed by atoms with Crippen LogP contribution in [-0.2, 0) is 0 Å². The van der Waals surface area contributed by atoms with E-state index in [1.54, 1.807) is 0 Å². The SMILES string of the molecule is CN(CCO)CCCN.N. The van der Waals surface area contributed by atoms with E-state index >= 15 is 0 Å². The zero-order chi connectivity index (χ0) is 7.11. The summed E-state index contributed by atoms with van der Waals surface area (Å²) in [6.07, 6.45) is 1.01. The number of aliphatic hydroxyl groups is 1. The van der Waals surface area contributed by atoms with Gasteiger partial charge in [-0.1, -0.05) is 0 Å². The molecule has 6 N–H and O–H groups in total. The van der Waals surface area contributed by atoms with E-state index in [1.807, 2.05) is 7.05 Å². The molecule has 0 aliphatic carbocycles. The smallest absolute Gasteiger partial charge is 0.0558 e. The van der Waals surface area contributed by atoms with Crippen molar-refractivity contribution in [3.05, 3.63) is 0 Å². The third-order valence-corrected chi connectivity index (χ3v) is 1.23. The highest BCUT2D eigenvalue weighted by atomic mass is 16.3. The molecule has 0 spiro atoms. The summed E-state index contributed by atoms with van der Waals surface area (Å²) in [6, 6.07) is 0. The molecule has 0 fully saturated rings. The lowest BCUT2D eigenvalue weighted by molar-refractivity contribution is 0.221. The minimum Gasteiger partial charge on any atom is -0.395 e. The van der Waals surface area contributed by atoms with Crippen molar-refractivity contribution in [1.29, 1.82) is 0 Å². The van der Waals surface area contributed by atoms with Crippen LogP contribution in [0, 0.1) is 0 Å². The largest absolute Gasteiger partial charge is 0.395 e. The lowest BCUT2D eigenvalue weighted by atomic mass is 10.4. The molecule has 4 nitrogen and oxygen atoms in total. The normalized spacial score (nSPS) is 9.60. The quantitative estimate of drug-likeness (QED) is 0.488. The van der Waals surface area contributed by atoms with Crippen molar-refractivity contribution in [1.82, 2.24) is 11.1 Å². The lowest BCUT2D eigenvalue weighted by Gasteiger charge is -2.13. The second-order valence-corrected chi connectivity index (χ2v) is 2.17. The Hall–Kier alpha value is -0.160. The highest BCUT2D eigenvalue weighted by molar-refractivity contribution is 4.49. The molecule has 4 heteroatoms. The van der Waals surface area contributed by atoms with Gasteiger partial charge in [-0.15, -0.1) is 0 Å². The average Bonchev–Trinajstić information content (AvgIpc) is 1.85. The Morgan fingerprint density at radius 3 is 2.40 bits per heavy atom. The molecule has 0 heterocycles. The van der Waals surface area contributed by atoms with Gasteiger partial charge >= 0.3 is 0 Å². The summed E-state index contributed by atoms with van der Waals surface area (Å²) in [5, 5.41) is 8.46. The third kappa shape index (κ3) is 7.84. The number of rotatable bonds is 5. The Morgan fingerprint density at radius 1 is 1.40 bits per heavy atom. The Kier molecular flexibility index (Phi) is 11.1. The van der Waals surface area contributed by atoms with Crippen LogP contribution in [0.1, 0.15) is 6.42 Å². The van der Waals surface area contributed by atoms with Crippen LogP contribution in [-0.4, -0.2) is 43.3 Å². The van der Waals surface area contributed by atoms with Crippen LogP contribution in [0.25, 0.3) is 0 Å². The molecule has 0 bridgehead atoms. The van der Waals surface area contributed by atoms with Crippen molar-refractivity contribution in [3.8, 4) is 0 Å². The summed E-state index contributed by atoms with van der Waals surface area (Å²) in [5.41, 5.74) is 5.28. The van der Waals surface area contributed by atoms with Gasteiger partial charge in [0.2, 0.25) is 0 Å². The van der Waals surface area contributed by atoms with Gasteiger partial charge in [0.05, 0.1) is 6.61 Å². The summed E-state index contributed by atoms with van der Waals surface area (Å²) < 4.78 is 0. The molecule has 0 aromatic rings. The van der Waals surface area contributed by atoms with Crippen LogP contribution >= 0.6 is 0 Å². The molecule has 0 amide bonds. The first-order chi connectivity index (χ1) is 4.31. The van der Waals surface area contributed by atoms with Crippen LogP contribution in [0.5, 0.6) is 0 Å². The zero-order valence-corrected chi connectivity index (χ0v) is 6.71. The molecule has 0 aliphatic heterocycles. The molecule has 0 unspecified atom stereocenters. The van der Waals surface area contributed by atoms with E-state index in [0.29, 0.717) is 0 Å². The fraction of sp³-hybridized carbons (Fsp3) is 1.00. The Balaban J connectivity index is 0. The molecule has 64 valence electrons. The van der Waals surface area contributed by atoms with E-state index in [9.17, 15) is 0 Å². The van der Waals surface area contributed by atoms with E-state index in [2.05, 4.69) is 4.90 Å². The van der Waals surface area contributed by atoms with Gasteiger partial charge in [0.15, 0.2) is 0 Å². The van der Waals surface area contributed by atoms with E-state index in [-0.39, 0.29) is 12.8 Å². The first-order valence-electron chi connectivity index (χ1n) is 3.30. The molecule has 0 atom stereocenters. The van der Waals surface area contributed by atoms with Crippen molar-refractivity contribution in [2.24, 2.45) is 5.73 Å². The van der Waals surface area contributed by atoms with Crippen molar-refractivity contribution in [3.63, 3.8) is 0 Å². The van der Waals surface area contributed by atoms with Gasteiger partial charge in [0.1, 0.15) is 0 Å². The molecule has 0 aromatic carbocycles. The van der Waals surface area contributed by atoms with Gasteiger partial charge in [-0.3, -0.25) is 0 Å². The molecule has 0 radical (unpaired) electrons. The van der Waals surface area contributed by atoms with Gasteiger partial charge < -0.3 is 21.9 Å². The Labute approximate surface area is 62.6 Å². The summed E-state index contributed by atoms with van der Waals surface area (Å²) in [6.45, 7) is 2.70. The molecule has 0 saturated carbocycles. The van der Waals surface area contributed by atoms with Gasteiger partial charge in [0.25, 0.3) is 0 Å². The summed E-state index contributed by atoms with van der Waals surface area (Å²) in [4.78, 5) is 2.06. The van der Waals surface area contributed by atoms with Crippen molar-refractivity contribution >= 4 is 0 Å². The number of hydrogen-bond acceptors (Lipinski definition) is 4. The highest BCUT2D eigenvalue weighted by Crippen LogP contribution is 1.82. The average molecular weight is 149 g/mol. The summed E-state index contributed by atoms with van der Waals surface area (Å²) >= 11 is 0. The molecule has 0 aliphatic rings. The number of likely N-dealkylation sites (N-methyl/N-ethyl adjacent to an activating group) is 1. The molecule has 0 saturated heterocycles. The van der Waals surface area contributed by atoms with Gasteiger partial charge in [-0.2, -0.15) is 0 Å². The molecule has 0 rings (SSSR count). The van der Waals surface area contributed by atoms with E-state index in [0.717, 1.165) is 26.1 Å². The van der Waals surface area contributed by atoms with Crippen LogP contribution in [0.15, 0.2) is 0 Å². The third-order valence-electron chi connectivity index (χ3n) is 1.23. The minimum atomic E-state index is 0. The second-order valence-electron chi connectivity index (χ2n) is 2.17. The van der Waals surface area contributed by atoms with Gasteiger partial charge in [0, 0.05) is 6.54 Å². The summed E-state index contributed by atoms with van der Waals surface area (Å²) in [5.74, 6) is 0. The van der Waals surface area contributed by atoms with Crippen molar-refractivity contribution in [2.45, 2.75) is 6.42 Å². The molecular formula is C6H19N3O. The second kappa shape index (κ2) is 8.84. The fourth-order valence-electron chi connectivity index (χ4n) is 0.644. The van der Waals surface area contributed by atoms with E-state index < -0.39 is 0 Å². The number of nitrogens with zero attached hydrogens (tertiary/aromatic N) is 1. The van der Waals surface area contributed by atoms with Gasteiger partial charge in [-0.25, -0.2) is 0 Å². The molecular weight excluding hydrogens is 130 g/mol. The minimum absolute atomic E-state index is 0. The number of aliphatic hydroxyl groups excluding tert-OH is 1. The Morgan fingerprint density at radius 2 is 2.00 bits per heavy atom. The van der Waals surface area contributed by atoms with Crippen LogP contribution in [0.4, 0.5) is 0 Å². The summed E-state index contributed by atoms with van der Waals surface area (Å²) in [7, 11) is 1.98. The highest BCUT2D eigenvalue weighted by Gasteiger charge is 1.93. The number of hydrogen-bond donors (Lipinski definition) is 3. The van der Waals surface area contributed by atoms with Crippen LogP contribution in [0.3, 0.4) is 0 Å². The van der Waals surface area contributed by atoms with Crippen LogP contribution < -0.4 is 11.9 Å². The topological polar surface area (TPSA) is 84.5 Å². The maximum absolute atomic E-state index is 8.46. The standard InChI is InChI=1S/C6H16N2O.H3N/c1-8(5-6-9)4-2-3-7;/h9H,2-7H2,1H3;1H3. The number of nitrogens with two attached hydrogens (primary N) is 1. The monoisotopic (exact) mass is 149 g/mol. The predicted octanol–water partition coefficient (Wildman–Crippen LogP) is -0.579. The zero-order valence-electron chi connectivity index (χ0n) is 6.71. The first kappa shape index (κ1) is 12.5. The molecule has 10 heavy (non-hydrogen) atoms. The lowest BCUT2D eigenvalue weighted by Crippen LogP contribution is -2.24. The predicted molar refractivity (Wildman–Crippen MR) is 43.3 cm³/mol. The fourth-order valence-corrected chi connectivity index (χ4v) is 0.644. The first-order valence-corrected chi connectivity index (χ1v) is 3.30.